The van der Waals surface area contributed by atoms with E-state index in [-0.39, 0.29) is 23.3 Å². The van der Waals surface area contributed by atoms with Gasteiger partial charge in [-0.05, 0) is 44.7 Å². The molecule has 2 N–H and O–H groups in total. The lowest BCUT2D eigenvalue weighted by Gasteiger charge is -2.34. The lowest BCUT2D eigenvalue weighted by atomic mass is 9.91. The van der Waals surface area contributed by atoms with E-state index in [9.17, 15) is 9.59 Å². The Morgan fingerprint density at radius 2 is 1.93 bits per heavy atom. The van der Waals surface area contributed by atoms with Crippen LogP contribution in [0.4, 0.5) is 0 Å². The molecule has 5 heteroatoms. The Morgan fingerprint density at radius 3 is 2.66 bits per heavy atom. The fourth-order valence-corrected chi connectivity index (χ4v) is 4.14. The number of carbonyl (C=O) groups is 1. The Bertz CT molecular complexity index is 1100. The molecule has 1 aromatic heterocycles. The van der Waals surface area contributed by atoms with Crippen molar-refractivity contribution in [1.29, 1.82) is 0 Å². The van der Waals surface area contributed by atoms with Crippen LogP contribution in [-0.4, -0.2) is 29.9 Å². The maximum atomic E-state index is 13.3. The molecule has 29 heavy (non-hydrogen) atoms. The van der Waals surface area contributed by atoms with Crippen molar-refractivity contribution in [2.45, 2.75) is 32.7 Å². The number of para-hydroxylation sites is 1. The summed E-state index contributed by atoms with van der Waals surface area (Å²) in [4.78, 5) is 28.2. The standard InChI is InChI=1S/C24H26N2O3/c1-15-21(27)19-11-6-12-20(23(19)29-22(15)17-8-4-3-5-9-17)24(28)26-13-7-10-18(14-26)16(2)25/h3-6,8-9,11-12,16,18H,7,10,13-14,25H2,1-2H3. The van der Waals surface area contributed by atoms with Gasteiger partial charge in [-0.15, -0.1) is 0 Å². The van der Waals surface area contributed by atoms with E-state index in [1.165, 1.54) is 0 Å². The molecule has 2 aromatic carbocycles. The molecule has 0 radical (unpaired) electrons. The van der Waals surface area contributed by atoms with E-state index in [0.29, 0.717) is 40.9 Å². The number of rotatable bonds is 3. The second-order valence-corrected chi connectivity index (χ2v) is 7.95. The van der Waals surface area contributed by atoms with Gasteiger partial charge in [0.2, 0.25) is 0 Å². The molecule has 0 aliphatic carbocycles. The SMILES string of the molecule is Cc1c(-c2ccccc2)oc2c(C(=O)N3CCCC(C(C)N)C3)cccc2c1=O. The molecule has 2 unspecified atom stereocenters. The van der Waals surface area contributed by atoms with E-state index in [1.54, 1.807) is 25.1 Å². The predicted octanol–water partition coefficient (Wildman–Crippen LogP) is 3.97. The highest BCUT2D eigenvalue weighted by molar-refractivity contribution is 6.05. The lowest BCUT2D eigenvalue weighted by Crippen LogP contribution is -2.45. The van der Waals surface area contributed by atoms with Crippen LogP contribution < -0.4 is 11.2 Å². The number of nitrogens with two attached hydrogens (primary N) is 1. The van der Waals surface area contributed by atoms with Crippen LogP contribution in [0.5, 0.6) is 0 Å². The molecule has 1 aliphatic heterocycles. The first-order valence-electron chi connectivity index (χ1n) is 10.1. The van der Waals surface area contributed by atoms with E-state index in [2.05, 4.69) is 0 Å². The smallest absolute Gasteiger partial charge is 0.257 e. The summed E-state index contributed by atoms with van der Waals surface area (Å²) in [6, 6.07) is 14.8. The minimum atomic E-state index is -0.105. The number of likely N-dealkylation sites (tertiary alicyclic amines) is 1. The quantitative estimate of drug-likeness (QED) is 0.734. The summed E-state index contributed by atoms with van der Waals surface area (Å²) in [5.74, 6) is 0.694. The van der Waals surface area contributed by atoms with Crippen molar-refractivity contribution in [3.63, 3.8) is 0 Å². The Kier molecular flexibility index (Phi) is 5.24. The van der Waals surface area contributed by atoms with Crippen molar-refractivity contribution in [1.82, 2.24) is 4.90 Å². The van der Waals surface area contributed by atoms with E-state index in [4.69, 9.17) is 10.2 Å². The van der Waals surface area contributed by atoms with Gasteiger partial charge in [-0.3, -0.25) is 9.59 Å². The average Bonchev–Trinajstić information content (AvgIpc) is 2.76. The number of nitrogens with zero attached hydrogens (tertiary/aromatic N) is 1. The molecular formula is C24H26N2O3. The summed E-state index contributed by atoms with van der Waals surface area (Å²) in [5.41, 5.74) is 8.13. The fourth-order valence-electron chi connectivity index (χ4n) is 4.14. The van der Waals surface area contributed by atoms with Crippen molar-refractivity contribution < 1.29 is 9.21 Å². The maximum absolute atomic E-state index is 13.3. The van der Waals surface area contributed by atoms with Crippen LogP contribution in [0.3, 0.4) is 0 Å². The van der Waals surface area contributed by atoms with Crippen molar-refractivity contribution in [2.24, 2.45) is 11.7 Å². The first-order valence-corrected chi connectivity index (χ1v) is 10.1. The molecule has 2 heterocycles. The van der Waals surface area contributed by atoms with Crippen LogP contribution in [0, 0.1) is 12.8 Å². The van der Waals surface area contributed by atoms with Gasteiger partial charge < -0.3 is 15.1 Å². The van der Waals surface area contributed by atoms with Crippen molar-refractivity contribution >= 4 is 16.9 Å². The van der Waals surface area contributed by atoms with Crippen LogP contribution >= 0.6 is 0 Å². The highest BCUT2D eigenvalue weighted by atomic mass is 16.3. The van der Waals surface area contributed by atoms with Gasteiger partial charge in [0.1, 0.15) is 5.76 Å². The topological polar surface area (TPSA) is 76.5 Å². The number of piperidine rings is 1. The van der Waals surface area contributed by atoms with Gasteiger partial charge in [0.15, 0.2) is 11.0 Å². The summed E-state index contributed by atoms with van der Waals surface area (Å²) < 4.78 is 6.20. The molecule has 4 rings (SSSR count). The first kappa shape index (κ1) is 19.4. The zero-order valence-corrected chi connectivity index (χ0v) is 16.9. The molecule has 3 aromatic rings. The van der Waals surface area contributed by atoms with Crippen LogP contribution in [0.25, 0.3) is 22.3 Å². The van der Waals surface area contributed by atoms with Gasteiger partial charge >= 0.3 is 0 Å². The Balaban J connectivity index is 1.82. The molecular weight excluding hydrogens is 364 g/mol. The van der Waals surface area contributed by atoms with Crippen molar-refractivity contribution in [3.05, 3.63) is 69.9 Å². The summed E-state index contributed by atoms with van der Waals surface area (Å²) in [7, 11) is 0. The number of hydrogen-bond acceptors (Lipinski definition) is 4. The minimum absolute atomic E-state index is 0.0448. The third-order valence-corrected chi connectivity index (χ3v) is 5.90. The van der Waals surface area contributed by atoms with Crippen molar-refractivity contribution in [3.8, 4) is 11.3 Å². The maximum Gasteiger partial charge on any atom is 0.257 e. The molecule has 0 saturated carbocycles. The van der Waals surface area contributed by atoms with E-state index in [0.717, 1.165) is 18.4 Å². The second kappa shape index (κ2) is 7.84. The number of benzene rings is 2. The van der Waals surface area contributed by atoms with Crippen molar-refractivity contribution in [2.75, 3.05) is 13.1 Å². The van der Waals surface area contributed by atoms with Gasteiger partial charge in [0, 0.05) is 30.3 Å². The second-order valence-electron chi connectivity index (χ2n) is 7.95. The molecule has 150 valence electrons. The first-order chi connectivity index (χ1) is 14.0. The van der Waals surface area contributed by atoms with Gasteiger partial charge in [-0.2, -0.15) is 0 Å². The molecule has 0 spiro atoms. The van der Waals surface area contributed by atoms with E-state index < -0.39 is 0 Å². The lowest BCUT2D eigenvalue weighted by molar-refractivity contribution is 0.0662. The van der Waals surface area contributed by atoms with E-state index in [1.807, 2.05) is 42.2 Å². The summed E-state index contributed by atoms with van der Waals surface area (Å²) in [6.07, 6.45) is 1.96. The normalized spacial score (nSPS) is 18.0. The molecule has 0 bridgehead atoms. The molecule has 1 saturated heterocycles. The Hall–Kier alpha value is -2.92. The van der Waals surface area contributed by atoms with Crippen LogP contribution in [0.15, 0.2) is 57.7 Å². The highest BCUT2D eigenvalue weighted by Crippen LogP contribution is 2.29. The monoisotopic (exact) mass is 390 g/mol. The van der Waals surface area contributed by atoms with E-state index >= 15 is 0 Å². The summed E-state index contributed by atoms with van der Waals surface area (Å²) in [6.45, 7) is 5.08. The van der Waals surface area contributed by atoms with Crippen LogP contribution in [0.1, 0.15) is 35.7 Å². The van der Waals surface area contributed by atoms with Crippen LogP contribution in [-0.2, 0) is 0 Å². The fraction of sp³-hybridized carbons (Fsp3) is 0.333. The predicted molar refractivity (Wildman–Crippen MR) is 115 cm³/mol. The van der Waals surface area contributed by atoms with Gasteiger partial charge in [-0.25, -0.2) is 0 Å². The Morgan fingerprint density at radius 1 is 1.17 bits per heavy atom. The number of carbonyl (C=O) groups excluding carboxylic acids is 1. The zero-order chi connectivity index (χ0) is 20.5. The molecule has 1 amide bonds. The zero-order valence-electron chi connectivity index (χ0n) is 16.9. The number of hydrogen-bond donors (Lipinski definition) is 1. The summed E-state index contributed by atoms with van der Waals surface area (Å²) in [5, 5.41) is 0.439. The van der Waals surface area contributed by atoms with Gasteiger partial charge in [0.25, 0.3) is 5.91 Å². The van der Waals surface area contributed by atoms with Gasteiger partial charge in [0.05, 0.1) is 10.9 Å². The highest BCUT2D eigenvalue weighted by Gasteiger charge is 2.28. The molecule has 1 fully saturated rings. The third kappa shape index (κ3) is 3.58. The molecule has 5 nitrogen and oxygen atoms in total. The Labute approximate surface area is 170 Å². The largest absolute Gasteiger partial charge is 0.455 e. The van der Waals surface area contributed by atoms with Gasteiger partial charge in [-0.1, -0.05) is 36.4 Å². The molecule has 2 atom stereocenters. The molecule has 1 aliphatic rings. The number of amides is 1. The third-order valence-electron chi connectivity index (χ3n) is 5.90. The summed E-state index contributed by atoms with van der Waals surface area (Å²) >= 11 is 0. The van der Waals surface area contributed by atoms with Crippen LogP contribution in [0.2, 0.25) is 0 Å². The average molecular weight is 390 g/mol. The number of fused-ring (bicyclic) bond motifs is 1. The minimum Gasteiger partial charge on any atom is -0.455 e.